The molecule has 1 N–H and O–H groups in total. The minimum atomic E-state index is 0.241. The molecule has 15 heavy (non-hydrogen) atoms. The predicted octanol–water partition coefficient (Wildman–Crippen LogP) is 4.23. The maximum Gasteiger partial charge on any atom is 0.00967 e. The van der Waals surface area contributed by atoms with Crippen LogP contribution in [-0.2, 0) is 0 Å². The van der Waals surface area contributed by atoms with Crippen LogP contribution in [-0.4, -0.2) is 12.1 Å². The highest BCUT2D eigenvalue weighted by atomic mass is 14.9. The summed E-state index contributed by atoms with van der Waals surface area (Å²) < 4.78 is 0. The Morgan fingerprint density at radius 3 is 2.00 bits per heavy atom. The van der Waals surface area contributed by atoms with Gasteiger partial charge in [-0.15, -0.1) is 0 Å². The SMILES string of the molecule is CCCC(C)CC(C)(C)CNC(C)(C)C. The summed E-state index contributed by atoms with van der Waals surface area (Å²) in [6, 6.07) is 0. The molecule has 0 aliphatic heterocycles. The van der Waals surface area contributed by atoms with Crippen LogP contribution in [0.25, 0.3) is 0 Å². The maximum atomic E-state index is 3.61. The van der Waals surface area contributed by atoms with Crippen LogP contribution in [0, 0.1) is 11.3 Å². The van der Waals surface area contributed by atoms with Gasteiger partial charge in [-0.25, -0.2) is 0 Å². The summed E-state index contributed by atoms with van der Waals surface area (Å²) in [7, 11) is 0. The molecule has 0 spiro atoms. The third kappa shape index (κ3) is 8.92. The molecule has 0 aromatic carbocycles. The highest BCUT2D eigenvalue weighted by Gasteiger charge is 2.22. The van der Waals surface area contributed by atoms with Crippen molar-refractivity contribution in [3.8, 4) is 0 Å². The topological polar surface area (TPSA) is 12.0 Å². The van der Waals surface area contributed by atoms with Gasteiger partial charge in [0.15, 0.2) is 0 Å². The molecular formula is C14H31N. The highest BCUT2D eigenvalue weighted by Crippen LogP contribution is 2.27. The first kappa shape index (κ1) is 15.0. The Bertz CT molecular complexity index is 165. The van der Waals surface area contributed by atoms with Gasteiger partial charge in [0.25, 0.3) is 0 Å². The van der Waals surface area contributed by atoms with E-state index in [4.69, 9.17) is 0 Å². The van der Waals surface area contributed by atoms with E-state index in [1.807, 2.05) is 0 Å². The first-order valence-electron chi connectivity index (χ1n) is 6.41. The van der Waals surface area contributed by atoms with Gasteiger partial charge in [-0.3, -0.25) is 0 Å². The van der Waals surface area contributed by atoms with E-state index in [0.29, 0.717) is 5.41 Å². The molecule has 0 bridgehead atoms. The van der Waals surface area contributed by atoms with Crippen LogP contribution < -0.4 is 5.32 Å². The first-order chi connectivity index (χ1) is 6.66. The van der Waals surface area contributed by atoms with Gasteiger partial charge in [-0.05, 0) is 38.5 Å². The molecule has 0 heterocycles. The zero-order valence-corrected chi connectivity index (χ0v) is 11.9. The summed E-state index contributed by atoms with van der Waals surface area (Å²) in [6.45, 7) is 17.2. The Balaban J connectivity index is 3.96. The molecule has 1 unspecified atom stereocenters. The fourth-order valence-corrected chi connectivity index (χ4v) is 2.11. The van der Waals surface area contributed by atoms with E-state index in [-0.39, 0.29) is 5.54 Å². The van der Waals surface area contributed by atoms with E-state index in [2.05, 4.69) is 53.8 Å². The van der Waals surface area contributed by atoms with E-state index >= 15 is 0 Å². The zero-order chi connectivity index (χ0) is 12.1. The van der Waals surface area contributed by atoms with Crippen molar-refractivity contribution >= 4 is 0 Å². The average Bonchev–Trinajstić information content (AvgIpc) is 1.99. The second-order valence-corrected chi connectivity index (χ2v) is 6.87. The molecule has 0 amide bonds. The van der Waals surface area contributed by atoms with Crippen molar-refractivity contribution in [2.24, 2.45) is 11.3 Å². The monoisotopic (exact) mass is 213 g/mol. The summed E-state index contributed by atoms with van der Waals surface area (Å²) in [6.07, 6.45) is 3.99. The Labute approximate surface area is 97.0 Å². The van der Waals surface area contributed by atoms with Crippen molar-refractivity contribution in [3.63, 3.8) is 0 Å². The number of hydrogen-bond donors (Lipinski definition) is 1. The van der Waals surface area contributed by atoms with Crippen LogP contribution in [0.4, 0.5) is 0 Å². The minimum Gasteiger partial charge on any atom is -0.312 e. The van der Waals surface area contributed by atoms with E-state index in [0.717, 1.165) is 12.5 Å². The van der Waals surface area contributed by atoms with E-state index in [9.17, 15) is 0 Å². The molecule has 1 atom stereocenters. The Hall–Kier alpha value is -0.0400. The standard InChI is InChI=1S/C14H31N/c1-8-9-12(2)10-14(6,7)11-15-13(3,4)5/h12,15H,8-11H2,1-7H3. The fraction of sp³-hybridized carbons (Fsp3) is 1.00. The van der Waals surface area contributed by atoms with Gasteiger partial charge in [0.2, 0.25) is 0 Å². The van der Waals surface area contributed by atoms with Gasteiger partial charge >= 0.3 is 0 Å². The predicted molar refractivity (Wildman–Crippen MR) is 70.2 cm³/mol. The van der Waals surface area contributed by atoms with Crippen molar-refractivity contribution in [1.82, 2.24) is 5.32 Å². The average molecular weight is 213 g/mol. The van der Waals surface area contributed by atoms with Crippen LogP contribution >= 0.6 is 0 Å². The lowest BCUT2D eigenvalue weighted by molar-refractivity contribution is 0.232. The maximum absolute atomic E-state index is 3.61. The molecule has 0 radical (unpaired) electrons. The summed E-state index contributed by atoms with van der Waals surface area (Å²) in [5.41, 5.74) is 0.660. The number of nitrogens with one attached hydrogen (secondary N) is 1. The van der Waals surface area contributed by atoms with E-state index < -0.39 is 0 Å². The molecule has 0 aliphatic rings. The van der Waals surface area contributed by atoms with E-state index in [1.165, 1.54) is 19.3 Å². The molecule has 0 aliphatic carbocycles. The third-order valence-corrected chi connectivity index (χ3v) is 2.78. The van der Waals surface area contributed by atoms with Crippen molar-refractivity contribution in [2.45, 2.75) is 73.3 Å². The van der Waals surface area contributed by atoms with Crippen molar-refractivity contribution in [1.29, 1.82) is 0 Å². The third-order valence-electron chi connectivity index (χ3n) is 2.78. The van der Waals surface area contributed by atoms with Crippen molar-refractivity contribution < 1.29 is 0 Å². The Morgan fingerprint density at radius 2 is 1.60 bits per heavy atom. The molecule has 1 nitrogen and oxygen atoms in total. The molecule has 0 fully saturated rings. The second kappa shape index (κ2) is 5.89. The molecule has 0 saturated heterocycles. The summed E-state index contributed by atoms with van der Waals surface area (Å²) in [4.78, 5) is 0. The number of hydrogen-bond acceptors (Lipinski definition) is 1. The molecule has 0 rings (SSSR count). The molecule has 1 heteroatoms. The summed E-state index contributed by atoms with van der Waals surface area (Å²) >= 11 is 0. The first-order valence-corrected chi connectivity index (χ1v) is 6.41. The van der Waals surface area contributed by atoms with Crippen LogP contribution in [0.1, 0.15) is 67.7 Å². The second-order valence-electron chi connectivity index (χ2n) is 6.87. The fourth-order valence-electron chi connectivity index (χ4n) is 2.11. The lowest BCUT2D eigenvalue weighted by Gasteiger charge is -2.32. The van der Waals surface area contributed by atoms with Crippen molar-refractivity contribution in [3.05, 3.63) is 0 Å². The van der Waals surface area contributed by atoms with E-state index in [1.54, 1.807) is 0 Å². The van der Waals surface area contributed by atoms with Gasteiger partial charge in [-0.2, -0.15) is 0 Å². The lowest BCUT2D eigenvalue weighted by atomic mass is 9.81. The van der Waals surface area contributed by atoms with Gasteiger partial charge in [0.1, 0.15) is 0 Å². The molecule has 0 aromatic heterocycles. The Morgan fingerprint density at radius 1 is 1.07 bits per heavy atom. The zero-order valence-electron chi connectivity index (χ0n) is 11.9. The molecule has 0 saturated carbocycles. The van der Waals surface area contributed by atoms with Crippen molar-refractivity contribution in [2.75, 3.05) is 6.54 Å². The van der Waals surface area contributed by atoms with Gasteiger partial charge in [0, 0.05) is 12.1 Å². The van der Waals surface area contributed by atoms with Crippen LogP contribution in [0.2, 0.25) is 0 Å². The molecule has 92 valence electrons. The Kier molecular flexibility index (Phi) is 5.87. The highest BCUT2D eigenvalue weighted by molar-refractivity contribution is 4.79. The van der Waals surface area contributed by atoms with Crippen LogP contribution in [0.3, 0.4) is 0 Å². The molecular weight excluding hydrogens is 182 g/mol. The largest absolute Gasteiger partial charge is 0.312 e. The van der Waals surface area contributed by atoms with Gasteiger partial charge in [0.05, 0.1) is 0 Å². The summed E-state index contributed by atoms with van der Waals surface area (Å²) in [5.74, 6) is 0.853. The number of rotatable bonds is 6. The smallest absolute Gasteiger partial charge is 0.00967 e. The minimum absolute atomic E-state index is 0.241. The lowest BCUT2D eigenvalue weighted by Crippen LogP contribution is -2.42. The normalized spacial score (nSPS) is 15.4. The summed E-state index contributed by atoms with van der Waals surface area (Å²) in [5, 5.41) is 3.61. The van der Waals surface area contributed by atoms with Crippen LogP contribution in [0.15, 0.2) is 0 Å². The molecule has 0 aromatic rings. The van der Waals surface area contributed by atoms with Gasteiger partial charge < -0.3 is 5.32 Å². The van der Waals surface area contributed by atoms with Crippen LogP contribution in [0.5, 0.6) is 0 Å². The van der Waals surface area contributed by atoms with Gasteiger partial charge in [-0.1, -0.05) is 40.5 Å². The quantitative estimate of drug-likeness (QED) is 0.696.